The lowest BCUT2D eigenvalue weighted by Crippen LogP contribution is -3.00. The van der Waals surface area contributed by atoms with Gasteiger partial charge < -0.3 is 18.1 Å². The maximum absolute atomic E-state index is 12.8. The summed E-state index contributed by atoms with van der Waals surface area (Å²) < 4.78 is 1.37. The summed E-state index contributed by atoms with van der Waals surface area (Å²) in [5.74, 6) is -0.323. The quantitative estimate of drug-likeness (QED) is 0.579. The average molecular weight is 337 g/mol. The number of carbonyl (C=O) groups is 2. The van der Waals surface area contributed by atoms with Crippen LogP contribution in [0.15, 0.2) is 23.0 Å². The lowest BCUT2D eigenvalue weighted by Gasteiger charge is -2.24. The van der Waals surface area contributed by atoms with Gasteiger partial charge in [-0.05, 0) is 31.0 Å². The van der Waals surface area contributed by atoms with Gasteiger partial charge in [-0.25, -0.2) is 4.98 Å². The molecular formula is C15H17ClN4O3. The first-order valence-corrected chi connectivity index (χ1v) is 7.07. The highest BCUT2D eigenvalue weighted by Gasteiger charge is 2.30. The number of nitrogens with one attached hydrogen (secondary N) is 1. The molecule has 2 aromatic rings. The molecule has 0 radical (unpaired) electrons. The molecule has 0 aliphatic carbocycles. The largest absolute Gasteiger partial charge is 1.00 e. The van der Waals surface area contributed by atoms with Gasteiger partial charge in [-0.3, -0.25) is 24.3 Å². The Balaban J connectivity index is 0.00000144. The zero-order valence-electron chi connectivity index (χ0n) is 13.5. The van der Waals surface area contributed by atoms with E-state index in [1.807, 2.05) is 6.07 Å². The third-order valence-corrected chi connectivity index (χ3v) is 3.90. The predicted octanol–water partition coefficient (Wildman–Crippen LogP) is -2.74. The molecule has 1 aromatic heterocycles. The minimum atomic E-state index is -0.705. The van der Waals surface area contributed by atoms with E-state index in [-0.39, 0.29) is 31.7 Å². The Labute approximate surface area is 139 Å². The van der Waals surface area contributed by atoms with Gasteiger partial charge in [-0.1, -0.05) is 6.07 Å². The first kappa shape index (κ1) is 17.1. The molecule has 1 aliphatic heterocycles. The molecule has 8 heteroatoms. The summed E-state index contributed by atoms with van der Waals surface area (Å²) in [6.45, 7) is 2.00. The monoisotopic (exact) mass is 336 g/mol. The number of hydrogen-bond donors (Lipinski definition) is 2. The van der Waals surface area contributed by atoms with Crippen LogP contribution in [-0.2, 0) is 16.1 Å². The molecule has 3 N–H and O–H groups in total. The number of benzene rings is 1. The summed E-state index contributed by atoms with van der Waals surface area (Å²) in [6, 6.07) is 4.57. The number of aryl methyl sites for hydroxylation is 1. The van der Waals surface area contributed by atoms with Gasteiger partial charge in [0.25, 0.3) is 5.56 Å². The Bertz CT molecular complexity index is 852. The molecule has 2 heterocycles. The van der Waals surface area contributed by atoms with E-state index >= 15 is 0 Å². The minimum absolute atomic E-state index is 0. The van der Waals surface area contributed by atoms with Crippen LogP contribution < -0.4 is 29.0 Å². The first-order valence-electron chi connectivity index (χ1n) is 7.07. The zero-order valence-corrected chi connectivity index (χ0v) is 13.3. The van der Waals surface area contributed by atoms with Crippen LogP contribution >= 0.6 is 0 Å². The van der Waals surface area contributed by atoms with Crippen molar-refractivity contribution in [3.05, 3.63) is 39.9 Å². The molecular weight excluding hydrogens is 320 g/mol. The Morgan fingerprint density at radius 3 is 2.78 bits per heavy atom. The highest BCUT2D eigenvalue weighted by Crippen LogP contribution is 2.20. The van der Waals surface area contributed by atoms with E-state index in [1.54, 1.807) is 19.1 Å². The van der Waals surface area contributed by atoms with Crippen molar-refractivity contribution in [2.45, 2.75) is 32.4 Å². The maximum Gasteiger partial charge on any atom is 1.00 e. The zero-order chi connectivity index (χ0) is 15.9. The fraction of sp³-hybridized carbons (Fsp3) is 0.333. The number of carbonyl (C=O) groups excluding carboxylic acids is 2. The number of piperidine rings is 1. The molecule has 2 amide bonds. The lowest BCUT2D eigenvalue weighted by atomic mass is 10.0. The summed E-state index contributed by atoms with van der Waals surface area (Å²) in [6.07, 6.45) is 0.512. The predicted molar refractivity (Wildman–Crippen MR) is 81.2 cm³/mol. The molecule has 1 aliphatic rings. The van der Waals surface area contributed by atoms with Gasteiger partial charge in [-0.2, -0.15) is 0 Å². The minimum Gasteiger partial charge on any atom is -1.00 e. The SMILES string of the molecule is Cc1nc2ccc(CN)cc2c(=O)n1C1CCC(=O)NC1=O.[Cl-].[H+]. The van der Waals surface area contributed by atoms with Gasteiger partial charge in [-0.15, -0.1) is 0 Å². The number of aromatic nitrogens is 2. The number of imide groups is 1. The fourth-order valence-corrected chi connectivity index (χ4v) is 2.78. The van der Waals surface area contributed by atoms with Gasteiger partial charge in [0.1, 0.15) is 11.9 Å². The van der Waals surface area contributed by atoms with Crippen molar-refractivity contribution in [2.24, 2.45) is 5.73 Å². The van der Waals surface area contributed by atoms with E-state index in [0.29, 0.717) is 29.7 Å². The topological polar surface area (TPSA) is 107 Å². The second-order valence-electron chi connectivity index (χ2n) is 5.36. The van der Waals surface area contributed by atoms with E-state index in [0.717, 1.165) is 5.56 Å². The van der Waals surface area contributed by atoms with Crippen molar-refractivity contribution in [1.29, 1.82) is 0 Å². The lowest BCUT2D eigenvalue weighted by molar-refractivity contribution is -0.135. The molecule has 7 nitrogen and oxygen atoms in total. The normalized spacial score (nSPS) is 17.7. The third kappa shape index (κ3) is 2.97. The molecule has 0 bridgehead atoms. The Morgan fingerprint density at radius 2 is 2.13 bits per heavy atom. The maximum atomic E-state index is 12.8. The summed E-state index contributed by atoms with van der Waals surface area (Å²) >= 11 is 0. The number of nitrogens with zero attached hydrogens (tertiary/aromatic N) is 2. The molecule has 1 atom stereocenters. The standard InChI is InChI=1S/C15H16N4O3.ClH/c1-8-17-11-3-2-9(7-16)6-10(11)15(22)19(8)12-4-5-13(20)18-14(12)21;/h2-3,6,12H,4-5,7,16H2,1H3,(H,18,20,21);1H. The summed E-state index contributed by atoms with van der Waals surface area (Å²) in [4.78, 5) is 40.5. The van der Waals surface area contributed by atoms with Crippen molar-refractivity contribution in [2.75, 3.05) is 0 Å². The molecule has 0 spiro atoms. The number of hydrogen-bond acceptors (Lipinski definition) is 5. The van der Waals surface area contributed by atoms with Crippen LogP contribution in [0.4, 0.5) is 0 Å². The number of nitrogens with two attached hydrogens (primary N) is 1. The van der Waals surface area contributed by atoms with E-state index in [1.165, 1.54) is 4.57 Å². The molecule has 23 heavy (non-hydrogen) atoms. The van der Waals surface area contributed by atoms with Crippen molar-refractivity contribution < 1.29 is 23.4 Å². The average Bonchev–Trinajstić information content (AvgIpc) is 2.49. The Morgan fingerprint density at radius 1 is 1.39 bits per heavy atom. The summed E-state index contributed by atoms with van der Waals surface area (Å²) in [5.41, 5.74) is 6.72. The van der Waals surface area contributed by atoms with Crippen LogP contribution in [0.5, 0.6) is 0 Å². The second kappa shape index (κ2) is 6.47. The van der Waals surface area contributed by atoms with Gasteiger partial charge in [0, 0.05) is 13.0 Å². The highest BCUT2D eigenvalue weighted by atomic mass is 35.5. The van der Waals surface area contributed by atoms with Gasteiger partial charge in [0.15, 0.2) is 0 Å². The van der Waals surface area contributed by atoms with E-state index in [4.69, 9.17) is 5.73 Å². The van der Waals surface area contributed by atoms with E-state index in [2.05, 4.69) is 10.3 Å². The second-order valence-corrected chi connectivity index (χ2v) is 5.36. The van der Waals surface area contributed by atoms with Gasteiger partial charge in [0.05, 0.1) is 10.9 Å². The van der Waals surface area contributed by atoms with Crippen LogP contribution in [0.2, 0.25) is 0 Å². The van der Waals surface area contributed by atoms with Crippen molar-refractivity contribution in [3.63, 3.8) is 0 Å². The van der Waals surface area contributed by atoms with Crippen LogP contribution in [0.3, 0.4) is 0 Å². The number of halogens is 1. The summed E-state index contributed by atoms with van der Waals surface area (Å²) in [5, 5.41) is 2.70. The number of rotatable bonds is 2. The molecule has 3 rings (SSSR count). The molecule has 1 fully saturated rings. The van der Waals surface area contributed by atoms with Crippen LogP contribution in [-0.4, -0.2) is 21.4 Å². The van der Waals surface area contributed by atoms with Crippen LogP contribution in [0, 0.1) is 6.92 Å². The van der Waals surface area contributed by atoms with Crippen LogP contribution in [0.25, 0.3) is 10.9 Å². The number of fused-ring (bicyclic) bond motifs is 1. The van der Waals surface area contributed by atoms with E-state index in [9.17, 15) is 14.4 Å². The molecule has 1 aromatic carbocycles. The van der Waals surface area contributed by atoms with Crippen molar-refractivity contribution in [3.8, 4) is 0 Å². The summed E-state index contributed by atoms with van der Waals surface area (Å²) in [7, 11) is 0. The van der Waals surface area contributed by atoms with Crippen molar-refractivity contribution in [1.82, 2.24) is 14.9 Å². The first-order chi connectivity index (χ1) is 10.5. The highest BCUT2D eigenvalue weighted by molar-refractivity contribution is 5.99. The molecule has 122 valence electrons. The Kier molecular flexibility index (Phi) is 4.82. The third-order valence-electron chi connectivity index (χ3n) is 3.90. The van der Waals surface area contributed by atoms with Gasteiger partial charge in [0.2, 0.25) is 11.8 Å². The van der Waals surface area contributed by atoms with Crippen LogP contribution in [0.1, 0.15) is 31.7 Å². The molecule has 1 unspecified atom stereocenters. The molecule has 0 saturated carbocycles. The fourth-order valence-electron chi connectivity index (χ4n) is 2.78. The number of amides is 2. The smallest absolute Gasteiger partial charge is 1.00 e. The van der Waals surface area contributed by atoms with Crippen molar-refractivity contribution >= 4 is 22.7 Å². The Hall–Kier alpha value is -2.25. The molecule has 1 saturated heterocycles. The van der Waals surface area contributed by atoms with Gasteiger partial charge >= 0.3 is 1.43 Å². The van der Waals surface area contributed by atoms with E-state index < -0.39 is 11.9 Å².